The molecule has 106 valence electrons. The van der Waals surface area contributed by atoms with Crippen molar-refractivity contribution in [2.24, 2.45) is 0 Å². The largest absolute Gasteiger partial charge is 0.392 e. The van der Waals surface area contributed by atoms with Crippen molar-refractivity contribution in [3.8, 4) is 0 Å². The molecule has 2 atom stereocenters. The summed E-state index contributed by atoms with van der Waals surface area (Å²) >= 11 is 12.0. The Labute approximate surface area is 125 Å². The predicted octanol–water partition coefficient (Wildman–Crippen LogP) is 2.36. The Bertz CT molecular complexity index is 617. The molecule has 2 heterocycles. The average Bonchev–Trinajstić information content (AvgIpc) is 3.02. The molecule has 0 bridgehead atoms. The fourth-order valence-electron chi connectivity index (χ4n) is 2.22. The second kappa shape index (κ2) is 5.69. The van der Waals surface area contributed by atoms with Crippen LogP contribution in [-0.4, -0.2) is 27.9 Å². The van der Waals surface area contributed by atoms with E-state index in [2.05, 4.69) is 15.5 Å². The number of rotatable bonds is 3. The van der Waals surface area contributed by atoms with Gasteiger partial charge in [0, 0.05) is 23.0 Å². The third kappa shape index (κ3) is 2.96. The van der Waals surface area contributed by atoms with Crippen LogP contribution in [-0.2, 0) is 6.42 Å². The van der Waals surface area contributed by atoms with Gasteiger partial charge in [0.2, 0.25) is 5.89 Å². The zero-order valence-corrected chi connectivity index (χ0v) is 12.0. The summed E-state index contributed by atoms with van der Waals surface area (Å²) in [6.07, 6.45) is 0.707. The first-order chi connectivity index (χ1) is 9.61. The highest BCUT2D eigenvalue weighted by molar-refractivity contribution is 6.35. The molecule has 0 saturated carbocycles. The topological polar surface area (TPSA) is 71.2 Å². The summed E-state index contributed by atoms with van der Waals surface area (Å²) in [4.78, 5) is 4.34. The molecule has 2 aromatic rings. The van der Waals surface area contributed by atoms with Crippen molar-refractivity contribution >= 4 is 23.2 Å². The van der Waals surface area contributed by atoms with Crippen LogP contribution < -0.4 is 5.32 Å². The van der Waals surface area contributed by atoms with Crippen LogP contribution in [0.4, 0.5) is 0 Å². The quantitative estimate of drug-likeness (QED) is 0.910. The molecular weight excluding hydrogens is 301 g/mol. The normalized spacial score (nSPS) is 22.4. The number of benzene rings is 1. The smallest absolute Gasteiger partial charge is 0.243 e. The molecule has 0 radical (unpaired) electrons. The van der Waals surface area contributed by atoms with Gasteiger partial charge in [0.1, 0.15) is 0 Å². The highest BCUT2D eigenvalue weighted by Gasteiger charge is 2.28. The SMILES string of the molecule is O[C@@H]1CN[C@@H](c2nc(Cc3ccc(Cl)cc3Cl)no2)C1. The van der Waals surface area contributed by atoms with Crippen LogP contribution in [0.1, 0.15) is 29.7 Å². The van der Waals surface area contributed by atoms with Crippen LogP contribution in [0.5, 0.6) is 0 Å². The van der Waals surface area contributed by atoms with Crippen LogP contribution in [0, 0.1) is 0 Å². The van der Waals surface area contributed by atoms with E-state index in [9.17, 15) is 5.11 Å². The van der Waals surface area contributed by atoms with E-state index < -0.39 is 0 Å². The lowest BCUT2D eigenvalue weighted by Gasteiger charge is -2.02. The molecule has 1 aliphatic heterocycles. The Morgan fingerprint density at radius 3 is 2.95 bits per heavy atom. The van der Waals surface area contributed by atoms with Crippen molar-refractivity contribution in [2.45, 2.75) is 25.0 Å². The number of nitrogens with zero attached hydrogens (tertiary/aromatic N) is 2. The van der Waals surface area contributed by atoms with E-state index in [1.165, 1.54) is 0 Å². The number of halogens is 2. The second-order valence-electron chi connectivity index (χ2n) is 4.81. The first-order valence-corrected chi connectivity index (χ1v) is 7.05. The number of hydrogen-bond acceptors (Lipinski definition) is 5. The highest BCUT2D eigenvalue weighted by atomic mass is 35.5. The minimum Gasteiger partial charge on any atom is -0.392 e. The summed E-state index contributed by atoms with van der Waals surface area (Å²) in [5.41, 5.74) is 0.892. The molecule has 1 fully saturated rings. The van der Waals surface area contributed by atoms with Crippen molar-refractivity contribution in [2.75, 3.05) is 6.54 Å². The number of aliphatic hydroxyl groups excluding tert-OH is 1. The molecule has 0 unspecified atom stereocenters. The number of hydrogen-bond donors (Lipinski definition) is 2. The number of nitrogens with one attached hydrogen (secondary N) is 1. The average molecular weight is 314 g/mol. The van der Waals surface area contributed by atoms with Crippen LogP contribution >= 0.6 is 23.2 Å². The van der Waals surface area contributed by atoms with Crippen molar-refractivity contribution in [1.82, 2.24) is 15.5 Å². The van der Waals surface area contributed by atoms with Gasteiger partial charge in [0.25, 0.3) is 0 Å². The molecular formula is C13H13Cl2N3O2. The van der Waals surface area contributed by atoms with Gasteiger partial charge in [-0.15, -0.1) is 0 Å². The van der Waals surface area contributed by atoms with Gasteiger partial charge in [0.15, 0.2) is 5.82 Å². The van der Waals surface area contributed by atoms with E-state index in [1.807, 2.05) is 6.07 Å². The predicted molar refractivity (Wildman–Crippen MR) is 74.9 cm³/mol. The molecule has 0 spiro atoms. The van der Waals surface area contributed by atoms with Crippen molar-refractivity contribution in [1.29, 1.82) is 0 Å². The Morgan fingerprint density at radius 1 is 1.40 bits per heavy atom. The Balaban J connectivity index is 1.74. The van der Waals surface area contributed by atoms with Gasteiger partial charge in [-0.3, -0.25) is 0 Å². The maximum Gasteiger partial charge on any atom is 0.243 e. The number of β-amino-alcohol motifs (C(OH)–C–C–N with tert-alkyl or cyclic N) is 1. The summed E-state index contributed by atoms with van der Waals surface area (Å²) in [5, 5.41) is 17.7. The van der Waals surface area contributed by atoms with Gasteiger partial charge >= 0.3 is 0 Å². The summed E-state index contributed by atoms with van der Waals surface area (Å²) in [7, 11) is 0. The molecule has 7 heteroatoms. The van der Waals surface area contributed by atoms with Gasteiger partial charge in [-0.2, -0.15) is 4.98 Å². The molecule has 2 N–H and O–H groups in total. The second-order valence-corrected chi connectivity index (χ2v) is 5.66. The Hall–Kier alpha value is -1.14. The molecule has 1 saturated heterocycles. The van der Waals surface area contributed by atoms with Gasteiger partial charge < -0.3 is 14.9 Å². The summed E-state index contributed by atoms with van der Waals surface area (Å²) < 4.78 is 5.23. The Kier molecular flexibility index (Phi) is 3.94. The van der Waals surface area contributed by atoms with E-state index in [0.717, 1.165) is 5.56 Å². The van der Waals surface area contributed by atoms with E-state index in [0.29, 0.717) is 41.1 Å². The van der Waals surface area contributed by atoms with Crippen LogP contribution in [0.3, 0.4) is 0 Å². The van der Waals surface area contributed by atoms with Crippen molar-refractivity contribution in [3.05, 3.63) is 45.5 Å². The minimum absolute atomic E-state index is 0.0769. The third-order valence-electron chi connectivity index (χ3n) is 3.25. The number of aliphatic hydroxyl groups is 1. The van der Waals surface area contributed by atoms with E-state index >= 15 is 0 Å². The van der Waals surface area contributed by atoms with Crippen LogP contribution in [0.15, 0.2) is 22.7 Å². The molecule has 1 aromatic heterocycles. The van der Waals surface area contributed by atoms with Crippen molar-refractivity contribution in [3.63, 3.8) is 0 Å². The molecule has 20 heavy (non-hydrogen) atoms. The monoisotopic (exact) mass is 313 g/mol. The van der Waals surface area contributed by atoms with Crippen LogP contribution in [0.25, 0.3) is 0 Å². The summed E-state index contributed by atoms with van der Waals surface area (Å²) in [6.45, 7) is 0.547. The zero-order valence-electron chi connectivity index (χ0n) is 10.5. The van der Waals surface area contributed by atoms with Gasteiger partial charge in [0.05, 0.1) is 12.1 Å². The van der Waals surface area contributed by atoms with E-state index in [-0.39, 0.29) is 12.1 Å². The van der Waals surface area contributed by atoms with Gasteiger partial charge in [-0.05, 0) is 24.1 Å². The first kappa shape index (κ1) is 13.8. The molecule has 0 amide bonds. The first-order valence-electron chi connectivity index (χ1n) is 6.29. The zero-order chi connectivity index (χ0) is 14.1. The van der Waals surface area contributed by atoms with Crippen LogP contribution in [0.2, 0.25) is 10.0 Å². The Morgan fingerprint density at radius 2 is 2.25 bits per heavy atom. The minimum atomic E-state index is -0.360. The molecule has 3 rings (SSSR count). The fraction of sp³-hybridized carbons (Fsp3) is 0.385. The maximum absolute atomic E-state index is 9.48. The molecule has 1 aromatic carbocycles. The lowest BCUT2D eigenvalue weighted by Crippen LogP contribution is -2.15. The maximum atomic E-state index is 9.48. The lowest BCUT2D eigenvalue weighted by molar-refractivity contribution is 0.191. The summed E-state index contributed by atoms with van der Waals surface area (Å²) in [5.74, 6) is 1.06. The molecule has 0 aliphatic carbocycles. The van der Waals surface area contributed by atoms with E-state index in [4.69, 9.17) is 27.7 Å². The van der Waals surface area contributed by atoms with Gasteiger partial charge in [-0.1, -0.05) is 34.4 Å². The standard InChI is InChI=1S/C13H13Cl2N3O2/c14-8-2-1-7(10(15)4-8)3-12-17-13(20-18-12)11-5-9(19)6-16-11/h1-2,4,9,11,16,19H,3,5-6H2/t9-,11+/m0/s1. The highest BCUT2D eigenvalue weighted by Crippen LogP contribution is 2.25. The lowest BCUT2D eigenvalue weighted by atomic mass is 10.1. The molecule has 1 aliphatic rings. The number of aromatic nitrogens is 2. The summed E-state index contributed by atoms with van der Waals surface area (Å²) in [6, 6.07) is 5.23. The third-order valence-corrected chi connectivity index (χ3v) is 3.84. The van der Waals surface area contributed by atoms with E-state index in [1.54, 1.807) is 12.1 Å². The van der Waals surface area contributed by atoms with Gasteiger partial charge in [-0.25, -0.2) is 0 Å². The fourth-order valence-corrected chi connectivity index (χ4v) is 2.70. The molecule has 5 nitrogen and oxygen atoms in total. The van der Waals surface area contributed by atoms with Crippen molar-refractivity contribution < 1.29 is 9.63 Å².